The van der Waals surface area contributed by atoms with Crippen LogP contribution in [0.4, 0.5) is 0 Å². The summed E-state index contributed by atoms with van der Waals surface area (Å²) in [6, 6.07) is 0.931. The van der Waals surface area contributed by atoms with Gasteiger partial charge in [-0.1, -0.05) is 13.8 Å². The van der Waals surface area contributed by atoms with Gasteiger partial charge in [-0.2, -0.15) is 0 Å². The molecule has 1 aliphatic carbocycles. The van der Waals surface area contributed by atoms with Gasteiger partial charge in [0.15, 0.2) is 0 Å². The lowest BCUT2D eigenvalue weighted by Crippen LogP contribution is -2.28. The normalized spacial score (nSPS) is 21.8. The van der Waals surface area contributed by atoms with Crippen molar-refractivity contribution in [1.82, 2.24) is 4.72 Å². The van der Waals surface area contributed by atoms with Crippen LogP contribution in [0.2, 0.25) is 0 Å². The zero-order chi connectivity index (χ0) is 13.7. The summed E-state index contributed by atoms with van der Waals surface area (Å²) in [4.78, 5) is 10.6. The molecule has 0 bridgehead atoms. The molecule has 1 unspecified atom stereocenters. The van der Waals surface area contributed by atoms with Crippen LogP contribution in [-0.4, -0.2) is 25.5 Å². The van der Waals surface area contributed by atoms with Crippen molar-refractivity contribution in [2.24, 2.45) is 5.41 Å². The quantitative estimate of drug-likeness (QED) is 0.863. The van der Waals surface area contributed by atoms with Gasteiger partial charge in [-0.3, -0.25) is 0 Å². The van der Waals surface area contributed by atoms with E-state index in [1.54, 1.807) is 0 Å². The molecule has 2 rings (SSSR count). The standard InChI is InChI=1S/C11H15NO5S/c1-6-8(4-7(17-6)10(13)14)18(15,16)12-9-5-11(9,2)3/h4,9,12H,5H2,1-3H3,(H,13,14). The molecule has 1 aromatic heterocycles. The van der Waals surface area contributed by atoms with Crippen molar-refractivity contribution >= 4 is 16.0 Å². The Labute approximate surface area is 105 Å². The average Bonchev–Trinajstić information content (AvgIpc) is 2.63. The Bertz CT molecular complexity index is 599. The van der Waals surface area contributed by atoms with Crippen LogP contribution in [0.5, 0.6) is 0 Å². The molecule has 1 aromatic rings. The van der Waals surface area contributed by atoms with Gasteiger partial charge in [0, 0.05) is 12.1 Å². The van der Waals surface area contributed by atoms with E-state index in [0.717, 1.165) is 12.5 Å². The van der Waals surface area contributed by atoms with Crippen molar-refractivity contribution in [3.8, 4) is 0 Å². The molecular weight excluding hydrogens is 258 g/mol. The molecular formula is C11H15NO5S. The summed E-state index contributed by atoms with van der Waals surface area (Å²) >= 11 is 0. The summed E-state index contributed by atoms with van der Waals surface area (Å²) in [6.45, 7) is 5.36. The summed E-state index contributed by atoms with van der Waals surface area (Å²) in [5, 5.41) is 8.76. The van der Waals surface area contributed by atoms with Gasteiger partial charge >= 0.3 is 5.97 Å². The van der Waals surface area contributed by atoms with Gasteiger partial charge in [-0.15, -0.1) is 0 Å². The van der Waals surface area contributed by atoms with Crippen molar-refractivity contribution < 1.29 is 22.7 Å². The third-order valence-corrected chi connectivity index (χ3v) is 4.76. The first-order chi connectivity index (χ1) is 8.13. The number of aryl methyl sites for hydroxylation is 1. The number of nitrogens with one attached hydrogen (secondary N) is 1. The second-order valence-corrected chi connectivity index (χ2v) is 6.89. The minimum Gasteiger partial charge on any atom is -0.475 e. The number of furan rings is 1. The Kier molecular flexibility index (Phi) is 2.78. The lowest BCUT2D eigenvalue weighted by Gasteiger charge is -2.06. The van der Waals surface area contributed by atoms with Crippen LogP contribution >= 0.6 is 0 Å². The molecule has 1 saturated carbocycles. The van der Waals surface area contributed by atoms with Crippen LogP contribution in [0.25, 0.3) is 0 Å². The van der Waals surface area contributed by atoms with Crippen LogP contribution in [0.15, 0.2) is 15.4 Å². The number of hydrogen-bond acceptors (Lipinski definition) is 4. The topological polar surface area (TPSA) is 96.6 Å². The predicted molar refractivity (Wildman–Crippen MR) is 62.9 cm³/mol. The zero-order valence-corrected chi connectivity index (χ0v) is 11.2. The maximum absolute atomic E-state index is 12.1. The van der Waals surface area contributed by atoms with E-state index in [9.17, 15) is 13.2 Å². The van der Waals surface area contributed by atoms with Gasteiger partial charge in [-0.25, -0.2) is 17.9 Å². The van der Waals surface area contributed by atoms with Gasteiger partial charge in [0.05, 0.1) is 0 Å². The van der Waals surface area contributed by atoms with Crippen LogP contribution in [0.1, 0.15) is 36.6 Å². The van der Waals surface area contributed by atoms with E-state index in [0.29, 0.717) is 0 Å². The molecule has 0 spiro atoms. The molecule has 0 aliphatic heterocycles. The predicted octanol–water partition coefficient (Wildman–Crippen LogP) is 1.36. The molecule has 1 fully saturated rings. The van der Waals surface area contributed by atoms with Crippen molar-refractivity contribution in [3.05, 3.63) is 17.6 Å². The molecule has 100 valence electrons. The maximum atomic E-state index is 12.1. The second-order valence-electron chi connectivity index (χ2n) is 5.20. The Morgan fingerprint density at radius 3 is 2.50 bits per heavy atom. The molecule has 6 nitrogen and oxygen atoms in total. The fourth-order valence-corrected chi connectivity index (χ4v) is 3.34. The van der Waals surface area contributed by atoms with Crippen molar-refractivity contribution in [2.75, 3.05) is 0 Å². The Balaban J connectivity index is 2.28. The van der Waals surface area contributed by atoms with Crippen LogP contribution in [-0.2, 0) is 10.0 Å². The number of carbonyl (C=O) groups is 1. The van der Waals surface area contributed by atoms with Crippen LogP contribution < -0.4 is 4.72 Å². The number of rotatable bonds is 4. The van der Waals surface area contributed by atoms with Crippen LogP contribution in [0.3, 0.4) is 0 Å². The smallest absolute Gasteiger partial charge is 0.371 e. The van der Waals surface area contributed by atoms with Crippen LogP contribution in [0, 0.1) is 12.3 Å². The summed E-state index contributed by atoms with van der Waals surface area (Å²) in [5.74, 6) is -1.58. The second kappa shape index (κ2) is 3.83. The zero-order valence-electron chi connectivity index (χ0n) is 10.4. The summed E-state index contributed by atoms with van der Waals surface area (Å²) in [7, 11) is -3.72. The van der Waals surface area contributed by atoms with Gasteiger partial charge in [-0.05, 0) is 18.8 Å². The van der Waals surface area contributed by atoms with E-state index in [4.69, 9.17) is 9.52 Å². The van der Waals surface area contributed by atoms with E-state index in [2.05, 4.69) is 4.72 Å². The van der Waals surface area contributed by atoms with Gasteiger partial charge in [0.1, 0.15) is 10.7 Å². The first kappa shape index (κ1) is 13.1. The third-order valence-electron chi connectivity index (χ3n) is 3.18. The van der Waals surface area contributed by atoms with E-state index >= 15 is 0 Å². The number of sulfonamides is 1. The maximum Gasteiger partial charge on any atom is 0.371 e. The molecule has 7 heteroatoms. The number of aromatic carboxylic acids is 1. The molecule has 18 heavy (non-hydrogen) atoms. The summed E-state index contributed by atoms with van der Waals surface area (Å²) < 4.78 is 31.6. The summed E-state index contributed by atoms with van der Waals surface area (Å²) in [6.07, 6.45) is 0.773. The minimum absolute atomic E-state index is 0.0413. The van der Waals surface area contributed by atoms with Gasteiger partial charge in [0.2, 0.25) is 15.8 Å². The first-order valence-corrected chi connectivity index (χ1v) is 6.98. The molecule has 2 N–H and O–H groups in total. The van der Waals surface area contributed by atoms with Crippen molar-refractivity contribution in [2.45, 2.75) is 38.1 Å². The third kappa shape index (κ3) is 2.28. The van der Waals surface area contributed by atoms with Crippen molar-refractivity contribution in [3.63, 3.8) is 0 Å². The monoisotopic (exact) mass is 273 g/mol. The highest BCUT2D eigenvalue weighted by Gasteiger charge is 2.48. The average molecular weight is 273 g/mol. The lowest BCUT2D eigenvalue weighted by molar-refractivity contribution is 0.0661. The van der Waals surface area contributed by atoms with Gasteiger partial charge in [0.25, 0.3) is 0 Å². The Morgan fingerprint density at radius 1 is 1.56 bits per heavy atom. The molecule has 1 aliphatic rings. The van der Waals surface area contributed by atoms with E-state index in [1.807, 2.05) is 13.8 Å². The number of carboxylic acids is 1. The van der Waals surface area contributed by atoms with E-state index < -0.39 is 16.0 Å². The lowest BCUT2D eigenvalue weighted by atomic mass is 10.2. The number of hydrogen-bond donors (Lipinski definition) is 2. The molecule has 0 saturated heterocycles. The highest BCUT2D eigenvalue weighted by molar-refractivity contribution is 7.89. The highest BCUT2D eigenvalue weighted by Crippen LogP contribution is 2.45. The fourth-order valence-electron chi connectivity index (χ4n) is 1.76. The van der Waals surface area contributed by atoms with Crippen molar-refractivity contribution in [1.29, 1.82) is 0 Å². The molecule has 0 aromatic carbocycles. The molecule has 1 heterocycles. The molecule has 1 atom stereocenters. The fraction of sp³-hybridized carbons (Fsp3) is 0.545. The SMILES string of the molecule is Cc1oc(C(=O)O)cc1S(=O)(=O)NC1CC1(C)C. The Hall–Kier alpha value is -1.34. The first-order valence-electron chi connectivity index (χ1n) is 5.49. The molecule has 0 amide bonds. The van der Waals surface area contributed by atoms with E-state index in [1.165, 1.54) is 6.92 Å². The highest BCUT2D eigenvalue weighted by atomic mass is 32.2. The minimum atomic E-state index is -3.72. The van der Waals surface area contributed by atoms with E-state index in [-0.39, 0.29) is 27.9 Å². The largest absolute Gasteiger partial charge is 0.475 e. The molecule has 0 radical (unpaired) electrons. The Morgan fingerprint density at radius 2 is 2.11 bits per heavy atom. The van der Waals surface area contributed by atoms with Gasteiger partial charge < -0.3 is 9.52 Å². The summed E-state index contributed by atoms with van der Waals surface area (Å²) in [5.41, 5.74) is -0.0413. The number of carboxylic acid groups (broad SMARTS) is 1.